The van der Waals surface area contributed by atoms with Crippen molar-refractivity contribution in [1.29, 1.82) is 0 Å². The number of benzene rings is 1. The monoisotopic (exact) mass is 367 g/mol. The number of H-pyrrole nitrogens is 1. The van der Waals surface area contributed by atoms with Crippen LogP contribution in [0.3, 0.4) is 0 Å². The number of rotatable bonds is 4. The number of furan rings is 1. The smallest absolute Gasteiger partial charge is 0.262 e. The van der Waals surface area contributed by atoms with Crippen molar-refractivity contribution < 1.29 is 13.6 Å². The standard InChI is InChI=1S/C18H14FN5O3/c1-10-14(15-17(26)22-8-23-18(15)27-10)16(25)21-7-11-2-3-13(12(19)6-11)24-5-4-20-9-24/h2-6,8-9H,7H2,1H3,(H,21,25)(H,22,23,26). The maximum atomic E-state index is 14.3. The van der Waals surface area contributed by atoms with Gasteiger partial charge in [0.2, 0.25) is 5.71 Å². The maximum Gasteiger partial charge on any atom is 0.262 e. The van der Waals surface area contributed by atoms with Gasteiger partial charge in [0.05, 0.1) is 23.9 Å². The van der Waals surface area contributed by atoms with E-state index in [9.17, 15) is 14.0 Å². The van der Waals surface area contributed by atoms with Crippen molar-refractivity contribution in [3.63, 3.8) is 0 Å². The van der Waals surface area contributed by atoms with Crippen LogP contribution in [0, 0.1) is 12.7 Å². The van der Waals surface area contributed by atoms with Gasteiger partial charge in [0.25, 0.3) is 11.5 Å². The molecule has 8 nitrogen and oxygen atoms in total. The highest BCUT2D eigenvalue weighted by molar-refractivity contribution is 6.06. The third kappa shape index (κ3) is 2.99. The van der Waals surface area contributed by atoms with Crippen molar-refractivity contribution in [3.8, 4) is 5.69 Å². The first-order chi connectivity index (χ1) is 13.0. The van der Waals surface area contributed by atoms with E-state index in [-0.39, 0.29) is 29.0 Å². The summed E-state index contributed by atoms with van der Waals surface area (Å²) in [5.41, 5.74) is 0.684. The third-order valence-electron chi connectivity index (χ3n) is 4.15. The van der Waals surface area contributed by atoms with Gasteiger partial charge in [0.15, 0.2) is 0 Å². The quantitative estimate of drug-likeness (QED) is 0.574. The summed E-state index contributed by atoms with van der Waals surface area (Å²) in [5.74, 6) is -0.650. The largest absolute Gasteiger partial charge is 0.442 e. The number of hydrogen-bond acceptors (Lipinski definition) is 5. The molecule has 27 heavy (non-hydrogen) atoms. The van der Waals surface area contributed by atoms with Crippen molar-refractivity contribution in [2.45, 2.75) is 13.5 Å². The Bertz CT molecular complexity index is 1190. The zero-order valence-electron chi connectivity index (χ0n) is 14.2. The van der Waals surface area contributed by atoms with Crippen molar-refractivity contribution in [3.05, 3.63) is 76.3 Å². The summed E-state index contributed by atoms with van der Waals surface area (Å²) in [6.45, 7) is 1.67. The summed E-state index contributed by atoms with van der Waals surface area (Å²) >= 11 is 0. The van der Waals surface area contributed by atoms with Crippen LogP contribution in [0.2, 0.25) is 0 Å². The molecule has 0 aliphatic heterocycles. The highest BCUT2D eigenvalue weighted by Crippen LogP contribution is 2.20. The van der Waals surface area contributed by atoms with E-state index in [1.165, 1.54) is 18.7 Å². The zero-order chi connectivity index (χ0) is 19.0. The fraction of sp³-hybridized carbons (Fsp3) is 0.111. The molecule has 136 valence electrons. The molecule has 0 aliphatic carbocycles. The Kier molecular flexibility index (Phi) is 4.03. The van der Waals surface area contributed by atoms with Crippen LogP contribution in [-0.4, -0.2) is 25.4 Å². The molecule has 0 atom stereocenters. The van der Waals surface area contributed by atoms with Crippen molar-refractivity contribution >= 4 is 17.0 Å². The number of nitrogens with zero attached hydrogens (tertiary/aromatic N) is 3. The molecule has 4 rings (SSSR count). The molecule has 0 radical (unpaired) electrons. The Balaban J connectivity index is 1.56. The summed E-state index contributed by atoms with van der Waals surface area (Å²) in [6, 6.07) is 4.64. The second-order valence-corrected chi connectivity index (χ2v) is 5.88. The van der Waals surface area contributed by atoms with Crippen LogP contribution in [-0.2, 0) is 6.54 Å². The van der Waals surface area contributed by atoms with Gasteiger partial charge in [0, 0.05) is 18.9 Å². The van der Waals surface area contributed by atoms with Gasteiger partial charge in [-0.2, -0.15) is 0 Å². The number of imidazole rings is 1. The Morgan fingerprint density at radius 2 is 2.26 bits per heavy atom. The van der Waals surface area contributed by atoms with Gasteiger partial charge >= 0.3 is 0 Å². The second-order valence-electron chi connectivity index (χ2n) is 5.88. The number of carbonyl (C=O) groups excluding carboxylic acids is 1. The lowest BCUT2D eigenvalue weighted by Crippen LogP contribution is -2.24. The minimum atomic E-state index is -0.496. The number of carbonyl (C=O) groups is 1. The minimum Gasteiger partial charge on any atom is -0.442 e. The molecular formula is C18H14FN5O3. The fourth-order valence-corrected chi connectivity index (χ4v) is 2.87. The van der Waals surface area contributed by atoms with Crippen molar-refractivity contribution in [2.75, 3.05) is 0 Å². The number of hydrogen-bond donors (Lipinski definition) is 2. The number of aryl methyl sites for hydroxylation is 1. The average Bonchev–Trinajstić information content (AvgIpc) is 3.27. The first-order valence-electron chi connectivity index (χ1n) is 8.06. The van der Waals surface area contributed by atoms with Crippen molar-refractivity contribution in [1.82, 2.24) is 24.8 Å². The molecule has 3 heterocycles. The summed E-state index contributed by atoms with van der Waals surface area (Å²) in [6.07, 6.45) is 5.90. The number of aromatic amines is 1. The Hall–Kier alpha value is -3.75. The summed E-state index contributed by atoms with van der Waals surface area (Å²) in [7, 11) is 0. The van der Waals surface area contributed by atoms with Crippen molar-refractivity contribution in [2.24, 2.45) is 0 Å². The molecule has 9 heteroatoms. The predicted molar refractivity (Wildman–Crippen MR) is 94.1 cm³/mol. The molecule has 0 bridgehead atoms. The number of aromatic nitrogens is 4. The minimum absolute atomic E-state index is 0.0875. The molecule has 3 aromatic heterocycles. The number of amides is 1. The molecule has 1 aromatic carbocycles. The summed E-state index contributed by atoms with van der Waals surface area (Å²) in [5, 5.41) is 2.77. The number of halogens is 1. The van der Waals surface area contributed by atoms with Gasteiger partial charge in [-0.15, -0.1) is 0 Å². The maximum absolute atomic E-state index is 14.3. The Morgan fingerprint density at radius 3 is 3.00 bits per heavy atom. The van der Waals surface area contributed by atoms with Crippen LogP contribution in [0.15, 0.2) is 52.5 Å². The summed E-state index contributed by atoms with van der Waals surface area (Å²) < 4.78 is 21.2. The normalized spacial score (nSPS) is 11.0. The van der Waals surface area contributed by atoms with Crippen LogP contribution in [0.5, 0.6) is 0 Å². The fourth-order valence-electron chi connectivity index (χ4n) is 2.87. The molecular weight excluding hydrogens is 353 g/mol. The van der Waals surface area contributed by atoms with E-state index in [2.05, 4.69) is 20.3 Å². The van der Waals surface area contributed by atoms with E-state index < -0.39 is 17.3 Å². The molecule has 0 saturated heterocycles. The van der Waals surface area contributed by atoms with Crippen LogP contribution in [0.25, 0.3) is 16.8 Å². The number of fused-ring (bicyclic) bond motifs is 1. The highest BCUT2D eigenvalue weighted by atomic mass is 19.1. The molecule has 4 aromatic rings. The lowest BCUT2D eigenvalue weighted by Gasteiger charge is -2.08. The Morgan fingerprint density at radius 1 is 1.41 bits per heavy atom. The predicted octanol–water partition coefficient (Wildman–Crippen LogP) is 2.08. The van der Waals surface area contributed by atoms with E-state index in [0.717, 1.165) is 0 Å². The van der Waals surface area contributed by atoms with Gasteiger partial charge in [-0.25, -0.2) is 14.4 Å². The van der Waals surface area contributed by atoms with Crippen LogP contribution >= 0.6 is 0 Å². The van der Waals surface area contributed by atoms with E-state index in [0.29, 0.717) is 11.3 Å². The first-order valence-corrected chi connectivity index (χ1v) is 8.06. The van der Waals surface area contributed by atoms with Gasteiger partial charge in [-0.1, -0.05) is 6.07 Å². The lowest BCUT2D eigenvalue weighted by atomic mass is 10.1. The highest BCUT2D eigenvalue weighted by Gasteiger charge is 2.21. The van der Waals surface area contributed by atoms with E-state index in [4.69, 9.17) is 4.42 Å². The third-order valence-corrected chi connectivity index (χ3v) is 4.15. The first kappa shape index (κ1) is 16.7. The Labute approximate surface area is 151 Å². The average molecular weight is 367 g/mol. The molecule has 0 aliphatic rings. The van der Waals surface area contributed by atoms with E-state index >= 15 is 0 Å². The van der Waals surface area contributed by atoms with Crippen LogP contribution < -0.4 is 10.9 Å². The van der Waals surface area contributed by atoms with Gasteiger partial charge in [-0.05, 0) is 24.6 Å². The van der Waals surface area contributed by atoms with Gasteiger partial charge in [0.1, 0.15) is 17.0 Å². The SMILES string of the molecule is Cc1oc2nc[nH]c(=O)c2c1C(=O)NCc1ccc(-n2ccnc2)c(F)c1. The van der Waals surface area contributed by atoms with E-state index in [1.54, 1.807) is 36.0 Å². The lowest BCUT2D eigenvalue weighted by molar-refractivity contribution is 0.0950. The van der Waals surface area contributed by atoms with E-state index in [1.807, 2.05) is 0 Å². The van der Waals surface area contributed by atoms with Crippen LogP contribution in [0.1, 0.15) is 21.7 Å². The molecule has 1 amide bonds. The van der Waals surface area contributed by atoms with Gasteiger partial charge < -0.3 is 19.3 Å². The topological polar surface area (TPSA) is 106 Å². The molecule has 0 saturated carbocycles. The molecule has 0 unspecified atom stereocenters. The molecule has 0 fully saturated rings. The van der Waals surface area contributed by atoms with Crippen LogP contribution in [0.4, 0.5) is 4.39 Å². The second kappa shape index (κ2) is 6.52. The van der Waals surface area contributed by atoms with Gasteiger partial charge in [-0.3, -0.25) is 9.59 Å². The zero-order valence-corrected chi connectivity index (χ0v) is 14.2. The number of nitrogens with one attached hydrogen (secondary N) is 2. The summed E-state index contributed by atoms with van der Waals surface area (Å²) in [4.78, 5) is 34.8. The molecule has 2 N–H and O–H groups in total. The molecule has 0 spiro atoms.